The molecule has 0 aliphatic heterocycles. The van der Waals surface area contributed by atoms with Gasteiger partial charge in [0.1, 0.15) is 11.5 Å². The number of aromatic nitrogens is 2. The molecule has 0 saturated carbocycles. The Balaban J connectivity index is 1.96. The molecule has 1 amide bonds. The molecule has 21 heavy (non-hydrogen) atoms. The lowest BCUT2D eigenvalue weighted by molar-refractivity contribution is 0.0975. The molecule has 3 aromatic rings. The Morgan fingerprint density at radius 1 is 1.24 bits per heavy atom. The fourth-order valence-electron chi connectivity index (χ4n) is 2.15. The third kappa shape index (κ3) is 2.72. The minimum absolute atomic E-state index is 0.113. The third-order valence-corrected chi connectivity index (χ3v) is 3.24. The second kappa shape index (κ2) is 5.66. The van der Waals surface area contributed by atoms with Crippen LogP contribution in [-0.2, 0) is 13.6 Å². The van der Waals surface area contributed by atoms with E-state index >= 15 is 0 Å². The van der Waals surface area contributed by atoms with E-state index in [1.54, 1.807) is 35.3 Å². The number of hydrogen-bond donors (Lipinski definition) is 0. The Bertz CT molecular complexity index is 717. The van der Waals surface area contributed by atoms with E-state index in [4.69, 9.17) is 4.42 Å². The van der Waals surface area contributed by atoms with E-state index < -0.39 is 0 Å². The van der Waals surface area contributed by atoms with Crippen molar-refractivity contribution in [2.75, 3.05) is 4.90 Å². The maximum absolute atomic E-state index is 12.8. The number of rotatable bonds is 4. The van der Waals surface area contributed by atoms with Crippen LogP contribution in [0.5, 0.6) is 0 Å². The lowest BCUT2D eigenvalue weighted by Gasteiger charge is -2.21. The summed E-state index contributed by atoms with van der Waals surface area (Å²) < 4.78 is 7.08. The minimum atomic E-state index is -0.113. The summed E-state index contributed by atoms with van der Waals surface area (Å²) in [4.78, 5) is 18.5. The summed E-state index contributed by atoms with van der Waals surface area (Å²) in [5.41, 5.74) is 1.35. The molecule has 5 heteroatoms. The number of para-hydroxylation sites is 1. The van der Waals surface area contributed by atoms with E-state index in [-0.39, 0.29) is 5.91 Å². The van der Waals surface area contributed by atoms with Crippen LogP contribution in [0.3, 0.4) is 0 Å². The van der Waals surface area contributed by atoms with Gasteiger partial charge in [0, 0.05) is 12.7 Å². The maximum Gasteiger partial charge on any atom is 0.276 e. The zero-order chi connectivity index (χ0) is 14.7. The van der Waals surface area contributed by atoms with E-state index in [2.05, 4.69) is 4.98 Å². The molecule has 1 aromatic carbocycles. The molecule has 0 aliphatic rings. The van der Waals surface area contributed by atoms with Gasteiger partial charge >= 0.3 is 0 Å². The normalized spacial score (nSPS) is 10.5. The second-order valence-corrected chi connectivity index (χ2v) is 4.70. The molecular weight excluding hydrogens is 266 g/mol. The first-order valence-electron chi connectivity index (χ1n) is 6.61. The van der Waals surface area contributed by atoms with Crippen molar-refractivity contribution in [3.05, 3.63) is 72.7 Å². The van der Waals surface area contributed by atoms with Gasteiger partial charge in [0.2, 0.25) is 0 Å². The lowest BCUT2D eigenvalue weighted by atomic mass is 10.2. The third-order valence-electron chi connectivity index (χ3n) is 3.24. The number of imidazole rings is 1. The van der Waals surface area contributed by atoms with Crippen LogP contribution in [0.25, 0.3) is 0 Å². The Labute approximate surface area is 122 Å². The number of carbonyl (C=O) groups excluding carboxylic acids is 1. The van der Waals surface area contributed by atoms with Gasteiger partial charge in [0.25, 0.3) is 5.91 Å². The van der Waals surface area contributed by atoms with E-state index in [0.717, 1.165) is 11.4 Å². The van der Waals surface area contributed by atoms with Crippen molar-refractivity contribution >= 4 is 11.6 Å². The van der Waals surface area contributed by atoms with E-state index in [1.165, 1.54) is 0 Å². The van der Waals surface area contributed by atoms with E-state index in [1.807, 2.05) is 42.5 Å². The first kappa shape index (κ1) is 13.2. The number of amides is 1. The number of furan rings is 1. The zero-order valence-corrected chi connectivity index (χ0v) is 11.6. The van der Waals surface area contributed by atoms with Crippen LogP contribution in [0.1, 0.15) is 16.2 Å². The summed E-state index contributed by atoms with van der Waals surface area (Å²) in [7, 11) is 1.80. The smallest absolute Gasteiger partial charge is 0.276 e. The summed E-state index contributed by atoms with van der Waals surface area (Å²) in [5, 5.41) is 0. The maximum atomic E-state index is 12.8. The van der Waals surface area contributed by atoms with Crippen molar-refractivity contribution < 1.29 is 9.21 Å². The molecule has 0 aliphatic carbocycles. The van der Waals surface area contributed by atoms with Crippen molar-refractivity contribution in [3.63, 3.8) is 0 Å². The van der Waals surface area contributed by atoms with Crippen LogP contribution < -0.4 is 4.90 Å². The van der Waals surface area contributed by atoms with Gasteiger partial charge in [-0.05, 0) is 24.3 Å². The number of hydrogen-bond acceptors (Lipinski definition) is 3. The summed E-state index contributed by atoms with van der Waals surface area (Å²) in [5.74, 6) is 0.618. The van der Waals surface area contributed by atoms with Gasteiger partial charge < -0.3 is 8.98 Å². The standard InChI is InChI=1S/C16H15N3O2/c1-18-12-17-10-15(18)16(20)19(11-14-8-5-9-21-14)13-6-3-2-4-7-13/h2-10,12H,11H2,1H3. The Morgan fingerprint density at radius 3 is 2.67 bits per heavy atom. The number of nitrogens with zero attached hydrogens (tertiary/aromatic N) is 3. The molecule has 0 N–H and O–H groups in total. The number of aryl methyl sites for hydroxylation is 1. The van der Waals surface area contributed by atoms with Crippen molar-refractivity contribution in [1.82, 2.24) is 9.55 Å². The quantitative estimate of drug-likeness (QED) is 0.739. The molecule has 0 unspecified atom stereocenters. The van der Waals surface area contributed by atoms with Crippen LogP contribution in [0.2, 0.25) is 0 Å². The first-order chi connectivity index (χ1) is 10.3. The molecule has 0 spiro atoms. The fraction of sp³-hybridized carbons (Fsp3) is 0.125. The van der Waals surface area contributed by atoms with E-state index in [9.17, 15) is 4.79 Å². The van der Waals surface area contributed by atoms with Crippen LogP contribution >= 0.6 is 0 Å². The monoisotopic (exact) mass is 281 g/mol. The summed E-state index contributed by atoms with van der Waals surface area (Å²) in [6, 6.07) is 13.2. The molecule has 3 rings (SSSR count). The number of carbonyl (C=O) groups is 1. The predicted octanol–water partition coefficient (Wildman–Crippen LogP) is 2.86. The Morgan fingerprint density at radius 2 is 2.05 bits per heavy atom. The highest BCUT2D eigenvalue weighted by Gasteiger charge is 2.21. The molecular formula is C16H15N3O2. The topological polar surface area (TPSA) is 51.3 Å². The number of benzene rings is 1. The van der Waals surface area contributed by atoms with Gasteiger partial charge in [-0.2, -0.15) is 0 Å². The van der Waals surface area contributed by atoms with Gasteiger partial charge in [-0.15, -0.1) is 0 Å². The molecule has 0 fully saturated rings. The molecule has 106 valence electrons. The second-order valence-electron chi connectivity index (χ2n) is 4.70. The number of anilines is 1. The largest absolute Gasteiger partial charge is 0.467 e. The fourth-order valence-corrected chi connectivity index (χ4v) is 2.15. The van der Waals surface area contributed by atoms with Crippen molar-refractivity contribution in [1.29, 1.82) is 0 Å². The Kier molecular flexibility index (Phi) is 3.55. The average molecular weight is 281 g/mol. The predicted molar refractivity (Wildman–Crippen MR) is 78.9 cm³/mol. The van der Waals surface area contributed by atoms with Crippen LogP contribution in [0, 0.1) is 0 Å². The highest BCUT2D eigenvalue weighted by Crippen LogP contribution is 2.19. The molecule has 0 atom stereocenters. The molecule has 2 heterocycles. The van der Waals surface area contributed by atoms with Gasteiger partial charge in [0.05, 0.1) is 25.3 Å². The lowest BCUT2D eigenvalue weighted by Crippen LogP contribution is -2.31. The van der Waals surface area contributed by atoms with Crippen molar-refractivity contribution in [2.24, 2.45) is 7.05 Å². The van der Waals surface area contributed by atoms with Gasteiger partial charge in [-0.25, -0.2) is 4.98 Å². The minimum Gasteiger partial charge on any atom is -0.467 e. The highest BCUT2D eigenvalue weighted by atomic mass is 16.3. The molecule has 2 aromatic heterocycles. The van der Waals surface area contributed by atoms with Crippen LogP contribution in [0.4, 0.5) is 5.69 Å². The molecule has 0 saturated heterocycles. The van der Waals surface area contributed by atoms with Gasteiger partial charge in [-0.3, -0.25) is 9.69 Å². The van der Waals surface area contributed by atoms with Crippen molar-refractivity contribution in [2.45, 2.75) is 6.54 Å². The molecule has 5 nitrogen and oxygen atoms in total. The average Bonchev–Trinajstić information content (AvgIpc) is 3.16. The summed E-state index contributed by atoms with van der Waals surface area (Å²) in [6.07, 6.45) is 4.79. The van der Waals surface area contributed by atoms with Gasteiger partial charge in [-0.1, -0.05) is 18.2 Å². The summed E-state index contributed by atoms with van der Waals surface area (Å²) >= 11 is 0. The Hall–Kier alpha value is -2.82. The van der Waals surface area contributed by atoms with Gasteiger partial charge in [0.15, 0.2) is 0 Å². The highest BCUT2D eigenvalue weighted by molar-refractivity contribution is 6.04. The SMILES string of the molecule is Cn1cncc1C(=O)N(Cc1ccco1)c1ccccc1. The van der Waals surface area contributed by atoms with Crippen LogP contribution in [-0.4, -0.2) is 15.5 Å². The molecule has 0 bridgehead atoms. The molecule has 0 radical (unpaired) electrons. The first-order valence-corrected chi connectivity index (χ1v) is 6.61. The zero-order valence-electron chi connectivity index (χ0n) is 11.6. The van der Waals surface area contributed by atoms with Crippen LogP contribution in [0.15, 0.2) is 65.7 Å². The summed E-state index contributed by atoms with van der Waals surface area (Å²) in [6.45, 7) is 0.376. The van der Waals surface area contributed by atoms with E-state index in [0.29, 0.717) is 12.2 Å². The van der Waals surface area contributed by atoms with Crippen molar-refractivity contribution in [3.8, 4) is 0 Å².